The summed E-state index contributed by atoms with van der Waals surface area (Å²) in [5, 5.41) is 2.64. The third kappa shape index (κ3) is 3.23. The second kappa shape index (κ2) is 6.01. The molecule has 0 bridgehead atoms. The molecule has 0 aliphatic rings. The van der Waals surface area contributed by atoms with Crippen LogP contribution in [0.5, 0.6) is 5.88 Å². The van der Waals surface area contributed by atoms with E-state index in [9.17, 15) is 9.18 Å². The van der Waals surface area contributed by atoms with Gasteiger partial charge in [0, 0.05) is 11.6 Å². The average Bonchev–Trinajstić information content (AvgIpc) is 2.44. The summed E-state index contributed by atoms with van der Waals surface area (Å²) in [6, 6.07) is 7.12. The number of rotatable bonds is 4. The highest BCUT2D eigenvalue weighted by atomic mass is 19.1. The number of hydrogen-bond donors (Lipinski definition) is 2. The van der Waals surface area contributed by atoms with Crippen LogP contribution < -0.4 is 15.8 Å². The molecular weight excluding hydrogens is 261 g/mol. The van der Waals surface area contributed by atoms with Crippen LogP contribution in [0, 0.1) is 5.82 Å². The number of halogens is 1. The SMILES string of the molecule is CCOc1ccc(NC(=O)c2ccc(F)c(N)c2)cn1. The minimum atomic E-state index is -0.552. The number of aromatic nitrogens is 1. The Kier molecular flexibility index (Phi) is 4.14. The number of ether oxygens (including phenoxy) is 1. The summed E-state index contributed by atoms with van der Waals surface area (Å²) in [4.78, 5) is 16.0. The third-order valence-corrected chi connectivity index (χ3v) is 2.54. The standard InChI is InChI=1S/C14H14FN3O2/c1-2-20-13-6-4-10(8-17-13)18-14(19)9-3-5-11(15)12(16)7-9/h3-8H,2,16H2,1H3,(H,18,19). The molecule has 0 fully saturated rings. The van der Waals surface area contributed by atoms with E-state index < -0.39 is 5.82 Å². The van der Waals surface area contributed by atoms with Gasteiger partial charge in [0.15, 0.2) is 0 Å². The van der Waals surface area contributed by atoms with Crippen molar-refractivity contribution in [2.24, 2.45) is 0 Å². The number of benzene rings is 1. The zero-order valence-corrected chi connectivity index (χ0v) is 10.9. The van der Waals surface area contributed by atoms with Crippen molar-refractivity contribution in [1.82, 2.24) is 4.98 Å². The van der Waals surface area contributed by atoms with Crippen LogP contribution in [0.15, 0.2) is 36.5 Å². The molecule has 1 heterocycles. The van der Waals surface area contributed by atoms with Gasteiger partial charge in [-0.25, -0.2) is 9.37 Å². The number of carbonyl (C=O) groups excluding carboxylic acids is 1. The third-order valence-electron chi connectivity index (χ3n) is 2.54. The van der Waals surface area contributed by atoms with Crippen molar-refractivity contribution in [3.8, 4) is 5.88 Å². The fourth-order valence-corrected chi connectivity index (χ4v) is 1.58. The lowest BCUT2D eigenvalue weighted by Crippen LogP contribution is -2.12. The largest absolute Gasteiger partial charge is 0.478 e. The Morgan fingerprint density at radius 2 is 2.20 bits per heavy atom. The number of pyridine rings is 1. The molecule has 5 nitrogen and oxygen atoms in total. The molecule has 0 atom stereocenters. The molecule has 0 radical (unpaired) electrons. The Morgan fingerprint density at radius 3 is 2.80 bits per heavy atom. The molecule has 20 heavy (non-hydrogen) atoms. The van der Waals surface area contributed by atoms with Gasteiger partial charge in [-0.05, 0) is 31.2 Å². The molecule has 0 saturated carbocycles. The lowest BCUT2D eigenvalue weighted by Gasteiger charge is -2.07. The van der Waals surface area contributed by atoms with Crippen molar-refractivity contribution >= 4 is 17.3 Å². The maximum Gasteiger partial charge on any atom is 0.255 e. The summed E-state index contributed by atoms with van der Waals surface area (Å²) in [6.07, 6.45) is 1.48. The van der Waals surface area contributed by atoms with E-state index in [4.69, 9.17) is 10.5 Å². The molecule has 0 aliphatic heterocycles. The normalized spacial score (nSPS) is 10.1. The second-order valence-corrected chi connectivity index (χ2v) is 4.01. The monoisotopic (exact) mass is 275 g/mol. The van der Waals surface area contributed by atoms with E-state index in [1.807, 2.05) is 6.92 Å². The highest BCUT2D eigenvalue weighted by molar-refractivity contribution is 6.04. The van der Waals surface area contributed by atoms with Crippen molar-refractivity contribution in [3.63, 3.8) is 0 Å². The minimum absolute atomic E-state index is 0.0672. The molecule has 2 aromatic rings. The van der Waals surface area contributed by atoms with Gasteiger partial charge in [-0.3, -0.25) is 4.79 Å². The summed E-state index contributed by atoms with van der Waals surface area (Å²) < 4.78 is 18.2. The molecule has 104 valence electrons. The first kappa shape index (κ1) is 13.8. The summed E-state index contributed by atoms with van der Waals surface area (Å²) in [5.74, 6) is -0.455. The quantitative estimate of drug-likeness (QED) is 0.840. The molecule has 1 aromatic carbocycles. The molecule has 2 rings (SSSR count). The van der Waals surface area contributed by atoms with E-state index in [0.717, 1.165) is 6.07 Å². The van der Waals surface area contributed by atoms with Crippen molar-refractivity contribution in [2.75, 3.05) is 17.7 Å². The highest BCUT2D eigenvalue weighted by Crippen LogP contribution is 2.15. The lowest BCUT2D eigenvalue weighted by molar-refractivity contribution is 0.102. The molecule has 3 N–H and O–H groups in total. The molecule has 0 unspecified atom stereocenters. The Labute approximate surface area is 115 Å². The second-order valence-electron chi connectivity index (χ2n) is 4.01. The van der Waals surface area contributed by atoms with Gasteiger partial charge < -0.3 is 15.8 Å². The van der Waals surface area contributed by atoms with Crippen LogP contribution in [0.1, 0.15) is 17.3 Å². The first-order chi connectivity index (χ1) is 9.60. The van der Waals surface area contributed by atoms with Gasteiger partial charge >= 0.3 is 0 Å². The van der Waals surface area contributed by atoms with Crippen LogP contribution in [-0.2, 0) is 0 Å². The molecule has 0 saturated heterocycles. The summed E-state index contributed by atoms with van der Waals surface area (Å²) in [7, 11) is 0. The van der Waals surface area contributed by atoms with Crippen LogP contribution in [0.4, 0.5) is 15.8 Å². The zero-order chi connectivity index (χ0) is 14.5. The summed E-state index contributed by atoms with van der Waals surface area (Å²) >= 11 is 0. The number of nitrogen functional groups attached to an aromatic ring is 1. The Bertz CT molecular complexity index is 614. The lowest BCUT2D eigenvalue weighted by atomic mass is 10.2. The highest BCUT2D eigenvalue weighted by Gasteiger charge is 2.09. The first-order valence-corrected chi connectivity index (χ1v) is 6.05. The Balaban J connectivity index is 2.08. The van der Waals surface area contributed by atoms with Gasteiger partial charge in [-0.2, -0.15) is 0 Å². The number of anilines is 2. The van der Waals surface area contributed by atoms with Gasteiger partial charge in [0.25, 0.3) is 5.91 Å². The first-order valence-electron chi connectivity index (χ1n) is 6.05. The number of carbonyl (C=O) groups is 1. The Morgan fingerprint density at radius 1 is 1.40 bits per heavy atom. The van der Waals surface area contributed by atoms with Crippen LogP contribution in [0.2, 0.25) is 0 Å². The van der Waals surface area contributed by atoms with Gasteiger partial charge in [-0.15, -0.1) is 0 Å². The van der Waals surface area contributed by atoms with Crippen LogP contribution in [0.3, 0.4) is 0 Å². The van der Waals surface area contributed by atoms with E-state index in [1.165, 1.54) is 18.3 Å². The fraction of sp³-hybridized carbons (Fsp3) is 0.143. The van der Waals surface area contributed by atoms with Crippen molar-refractivity contribution in [1.29, 1.82) is 0 Å². The number of nitrogens with one attached hydrogen (secondary N) is 1. The molecular formula is C14H14FN3O2. The minimum Gasteiger partial charge on any atom is -0.478 e. The van der Waals surface area contributed by atoms with E-state index in [2.05, 4.69) is 10.3 Å². The van der Waals surface area contributed by atoms with Gasteiger partial charge in [-0.1, -0.05) is 0 Å². The fourth-order valence-electron chi connectivity index (χ4n) is 1.58. The topological polar surface area (TPSA) is 77.2 Å². The number of nitrogens with two attached hydrogens (primary N) is 1. The van der Waals surface area contributed by atoms with Crippen LogP contribution in [0.25, 0.3) is 0 Å². The van der Waals surface area contributed by atoms with Crippen molar-refractivity contribution < 1.29 is 13.9 Å². The van der Waals surface area contributed by atoms with Gasteiger partial charge in [0.2, 0.25) is 5.88 Å². The summed E-state index contributed by atoms with van der Waals surface area (Å²) in [5.41, 5.74) is 6.14. The number of amides is 1. The number of hydrogen-bond acceptors (Lipinski definition) is 4. The van der Waals surface area contributed by atoms with E-state index in [1.54, 1.807) is 12.1 Å². The van der Waals surface area contributed by atoms with Gasteiger partial charge in [0.05, 0.1) is 24.2 Å². The molecule has 0 spiro atoms. The average molecular weight is 275 g/mol. The van der Waals surface area contributed by atoms with Crippen LogP contribution in [-0.4, -0.2) is 17.5 Å². The number of nitrogens with zero attached hydrogens (tertiary/aromatic N) is 1. The summed E-state index contributed by atoms with van der Waals surface area (Å²) in [6.45, 7) is 2.38. The van der Waals surface area contributed by atoms with Crippen molar-refractivity contribution in [3.05, 3.63) is 47.9 Å². The van der Waals surface area contributed by atoms with E-state index in [0.29, 0.717) is 18.2 Å². The molecule has 0 aliphatic carbocycles. The maximum absolute atomic E-state index is 13.0. The Hall–Kier alpha value is -2.63. The predicted molar refractivity (Wildman–Crippen MR) is 74.2 cm³/mol. The molecule has 6 heteroatoms. The van der Waals surface area contributed by atoms with E-state index in [-0.39, 0.29) is 17.2 Å². The van der Waals surface area contributed by atoms with E-state index >= 15 is 0 Å². The predicted octanol–water partition coefficient (Wildman–Crippen LogP) is 2.45. The van der Waals surface area contributed by atoms with Gasteiger partial charge in [0.1, 0.15) is 5.82 Å². The zero-order valence-electron chi connectivity index (χ0n) is 10.9. The van der Waals surface area contributed by atoms with Crippen LogP contribution >= 0.6 is 0 Å². The smallest absolute Gasteiger partial charge is 0.255 e. The van der Waals surface area contributed by atoms with Crippen molar-refractivity contribution in [2.45, 2.75) is 6.92 Å². The maximum atomic E-state index is 13.0. The molecule has 1 amide bonds. The molecule has 1 aromatic heterocycles.